The van der Waals surface area contributed by atoms with Crippen LogP contribution in [0.15, 0.2) is 82.0 Å². The Morgan fingerprint density at radius 1 is 0.967 bits per heavy atom. The van der Waals surface area contributed by atoms with E-state index in [0.29, 0.717) is 34.5 Å². The lowest BCUT2D eigenvalue weighted by molar-refractivity contribution is 0.155. The Labute approximate surface area is 173 Å². The number of ether oxygens (including phenoxy) is 1. The van der Waals surface area contributed by atoms with Crippen molar-refractivity contribution in [2.75, 3.05) is 5.32 Å². The van der Waals surface area contributed by atoms with Crippen molar-refractivity contribution < 1.29 is 13.9 Å². The van der Waals surface area contributed by atoms with Crippen molar-refractivity contribution in [1.82, 2.24) is 4.98 Å². The molecule has 0 unspecified atom stereocenters. The van der Waals surface area contributed by atoms with E-state index in [0.717, 1.165) is 11.1 Å². The molecule has 0 saturated carbocycles. The Hall–Kier alpha value is -3.93. The Morgan fingerprint density at radius 3 is 2.33 bits per heavy atom. The van der Waals surface area contributed by atoms with Gasteiger partial charge in [0.2, 0.25) is 5.89 Å². The molecule has 0 aliphatic carbocycles. The number of carbonyl (C=O) groups excluding carboxylic acids is 1. The van der Waals surface area contributed by atoms with Crippen LogP contribution in [0.25, 0.3) is 10.9 Å². The molecule has 1 amide bonds. The van der Waals surface area contributed by atoms with Crippen LogP contribution < -0.4 is 10.9 Å². The zero-order chi connectivity index (χ0) is 20.9. The van der Waals surface area contributed by atoms with Crippen molar-refractivity contribution >= 4 is 22.7 Å². The lowest BCUT2D eigenvalue weighted by Gasteiger charge is -2.11. The fourth-order valence-electron chi connectivity index (χ4n) is 3.21. The molecular weight excluding hydrogens is 380 g/mol. The van der Waals surface area contributed by atoms with Crippen LogP contribution >= 0.6 is 0 Å². The zero-order valence-electron chi connectivity index (χ0n) is 16.4. The van der Waals surface area contributed by atoms with Crippen molar-refractivity contribution in [2.24, 2.45) is 0 Å². The number of hydrogen-bond acceptors (Lipinski definition) is 5. The molecule has 3 aromatic carbocycles. The maximum Gasteiger partial charge on any atom is 0.411 e. The minimum Gasteiger partial charge on any atom is -0.444 e. The van der Waals surface area contributed by atoms with Crippen LogP contribution in [0.1, 0.15) is 22.6 Å². The summed E-state index contributed by atoms with van der Waals surface area (Å²) in [4.78, 5) is 29.3. The van der Waals surface area contributed by atoms with E-state index in [9.17, 15) is 9.59 Å². The number of amides is 1. The molecule has 0 radical (unpaired) electrons. The summed E-state index contributed by atoms with van der Waals surface area (Å²) in [6, 6.07) is 22.5. The van der Waals surface area contributed by atoms with Crippen molar-refractivity contribution in [1.29, 1.82) is 0 Å². The normalized spacial score (nSPS) is 10.7. The van der Waals surface area contributed by atoms with Gasteiger partial charge in [-0.1, -0.05) is 60.7 Å². The highest BCUT2D eigenvalue weighted by atomic mass is 16.5. The van der Waals surface area contributed by atoms with E-state index in [-0.39, 0.29) is 6.61 Å². The fourth-order valence-corrected chi connectivity index (χ4v) is 3.21. The molecule has 6 nitrogen and oxygen atoms in total. The van der Waals surface area contributed by atoms with Gasteiger partial charge in [-0.05, 0) is 35.7 Å². The maximum atomic E-state index is 12.6. The predicted octanol–water partition coefficient (Wildman–Crippen LogP) is 4.84. The molecule has 30 heavy (non-hydrogen) atoms. The van der Waals surface area contributed by atoms with Gasteiger partial charge in [0.15, 0.2) is 0 Å². The number of anilines is 1. The number of aryl methyl sites for hydroxylation is 1. The van der Waals surface area contributed by atoms with Gasteiger partial charge in [-0.15, -0.1) is 0 Å². The average molecular weight is 400 g/mol. The van der Waals surface area contributed by atoms with Gasteiger partial charge in [-0.3, -0.25) is 5.32 Å². The van der Waals surface area contributed by atoms with Crippen LogP contribution in [-0.2, 0) is 17.8 Å². The first-order chi connectivity index (χ1) is 14.6. The summed E-state index contributed by atoms with van der Waals surface area (Å²) in [5, 5.41) is 3.03. The monoisotopic (exact) mass is 400 g/mol. The maximum absolute atomic E-state index is 12.6. The number of rotatable bonds is 5. The van der Waals surface area contributed by atoms with Crippen LogP contribution in [0.5, 0.6) is 0 Å². The highest BCUT2D eigenvalue weighted by molar-refractivity contribution is 5.92. The van der Waals surface area contributed by atoms with Gasteiger partial charge in [0.1, 0.15) is 6.61 Å². The van der Waals surface area contributed by atoms with Gasteiger partial charge in [0.25, 0.3) is 0 Å². The van der Waals surface area contributed by atoms with Gasteiger partial charge in [-0.25, -0.2) is 14.6 Å². The Bertz CT molecular complexity index is 1230. The third-order valence-corrected chi connectivity index (χ3v) is 4.75. The molecule has 0 saturated heterocycles. The topological polar surface area (TPSA) is 81.4 Å². The summed E-state index contributed by atoms with van der Waals surface area (Å²) in [6.07, 6.45) is -0.170. The second kappa shape index (κ2) is 8.61. The predicted molar refractivity (Wildman–Crippen MR) is 115 cm³/mol. The number of aromatic nitrogens is 1. The summed E-state index contributed by atoms with van der Waals surface area (Å²) in [5.74, 6) is 0.348. The number of hydrogen-bond donors (Lipinski definition) is 1. The zero-order valence-corrected chi connectivity index (χ0v) is 16.4. The van der Waals surface area contributed by atoms with Gasteiger partial charge in [0, 0.05) is 12.1 Å². The largest absolute Gasteiger partial charge is 0.444 e. The third kappa shape index (κ3) is 4.38. The van der Waals surface area contributed by atoms with E-state index in [1.54, 1.807) is 19.1 Å². The van der Waals surface area contributed by atoms with Crippen molar-refractivity contribution in [3.8, 4) is 0 Å². The molecular formula is C24H20N2O4. The summed E-state index contributed by atoms with van der Waals surface area (Å²) >= 11 is 0. The van der Waals surface area contributed by atoms with E-state index >= 15 is 0 Å². The van der Waals surface area contributed by atoms with Crippen LogP contribution in [0, 0.1) is 6.92 Å². The number of carbonyl (C=O) groups is 1. The Morgan fingerprint density at radius 2 is 1.63 bits per heavy atom. The molecule has 0 fully saturated rings. The molecule has 150 valence electrons. The van der Waals surface area contributed by atoms with E-state index in [4.69, 9.17) is 9.15 Å². The van der Waals surface area contributed by atoms with Gasteiger partial charge in [-0.2, -0.15) is 0 Å². The first kappa shape index (κ1) is 19.4. The van der Waals surface area contributed by atoms with Crippen molar-refractivity contribution in [3.63, 3.8) is 0 Å². The number of fused-ring (bicyclic) bond motifs is 1. The van der Waals surface area contributed by atoms with E-state index < -0.39 is 11.7 Å². The summed E-state index contributed by atoms with van der Waals surface area (Å²) in [6.45, 7) is 1.90. The minimum absolute atomic E-state index is 0.159. The molecule has 1 heterocycles. The number of benzene rings is 3. The van der Waals surface area contributed by atoms with E-state index in [1.165, 1.54) is 0 Å². The van der Waals surface area contributed by atoms with Crippen LogP contribution in [-0.4, -0.2) is 11.1 Å². The molecule has 0 aliphatic heterocycles. The molecule has 4 rings (SSSR count). The molecule has 6 heteroatoms. The summed E-state index contributed by atoms with van der Waals surface area (Å²) in [5.41, 5.74) is 2.99. The lowest BCUT2D eigenvalue weighted by Crippen LogP contribution is -2.15. The van der Waals surface area contributed by atoms with E-state index in [2.05, 4.69) is 10.3 Å². The Balaban J connectivity index is 1.53. The molecule has 0 bridgehead atoms. The smallest absolute Gasteiger partial charge is 0.411 e. The minimum atomic E-state index is -0.598. The molecule has 0 atom stereocenters. The standard InChI is InChI=1S/C24H20N2O4/c1-16-19(26-24(28)29-15-18-10-6-3-7-11-18)12-13-20-22(16)23(27)30-21(25-20)14-17-8-4-2-5-9-17/h2-13H,14-15H2,1H3,(H,26,28). The van der Waals surface area contributed by atoms with E-state index in [1.807, 2.05) is 60.7 Å². The third-order valence-electron chi connectivity index (χ3n) is 4.75. The number of nitrogens with zero attached hydrogens (tertiary/aromatic N) is 1. The highest BCUT2D eigenvalue weighted by Crippen LogP contribution is 2.23. The van der Waals surface area contributed by atoms with Gasteiger partial charge < -0.3 is 9.15 Å². The van der Waals surface area contributed by atoms with Crippen LogP contribution in [0.4, 0.5) is 10.5 Å². The molecule has 0 spiro atoms. The summed E-state index contributed by atoms with van der Waals surface area (Å²) in [7, 11) is 0. The molecule has 1 aromatic heterocycles. The molecule has 1 N–H and O–H groups in total. The first-order valence-electron chi connectivity index (χ1n) is 9.55. The fraction of sp³-hybridized carbons (Fsp3) is 0.125. The SMILES string of the molecule is Cc1c(NC(=O)OCc2ccccc2)ccc2nc(Cc3ccccc3)oc(=O)c12. The second-order valence-corrected chi connectivity index (χ2v) is 6.88. The lowest BCUT2D eigenvalue weighted by atomic mass is 10.1. The highest BCUT2D eigenvalue weighted by Gasteiger charge is 2.14. The van der Waals surface area contributed by atoms with Crippen molar-refractivity contribution in [3.05, 3.63) is 106 Å². The summed E-state index contributed by atoms with van der Waals surface area (Å²) < 4.78 is 10.7. The molecule has 4 aromatic rings. The second-order valence-electron chi connectivity index (χ2n) is 6.88. The van der Waals surface area contributed by atoms with Crippen LogP contribution in [0.3, 0.4) is 0 Å². The molecule has 0 aliphatic rings. The Kier molecular flexibility index (Phi) is 5.57. The quantitative estimate of drug-likeness (QED) is 0.519. The van der Waals surface area contributed by atoms with Gasteiger partial charge >= 0.3 is 11.7 Å². The number of nitrogens with one attached hydrogen (secondary N) is 1. The van der Waals surface area contributed by atoms with Gasteiger partial charge in [0.05, 0.1) is 10.9 Å². The van der Waals surface area contributed by atoms with Crippen LogP contribution in [0.2, 0.25) is 0 Å². The average Bonchev–Trinajstić information content (AvgIpc) is 2.75. The van der Waals surface area contributed by atoms with Crippen molar-refractivity contribution in [2.45, 2.75) is 20.0 Å². The first-order valence-corrected chi connectivity index (χ1v) is 9.55.